The van der Waals surface area contributed by atoms with Crippen molar-refractivity contribution in [1.29, 1.82) is 0 Å². The second-order valence-electron chi connectivity index (χ2n) is 4.96. The van der Waals surface area contributed by atoms with Gasteiger partial charge in [-0.15, -0.1) is 5.10 Å². The van der Waals surface area contributed by atoms with Crippen molar-refractivity contribution < 1.29 is 4.79 Å². The van der Waals surface area contributed by atoms with Gasteiger partial charge in [-0.25, -0.2) is 0 Å². The van der Waals surface area contributed by atoms with E-state index in [1.165, 1.54) is 25.7 Å². The molecular weight excluding hydrogens is 230 g/mol. The molecule has 0 spiro atoms. The number of hydrogen-bond acceptors (Lipinski definition) is 4. The van der Waals surface area contributed by atoms with Gasteiger partial charge in [0.1, 0.15) is 0 Å². The van der Waals surface area contributed by atoms with Crippen LogP contribution >= 0.6 is 0 Å². The topological polar surface area (TPSA) is 85.8 Å². The van der Waals surface area contributed by atoms with Crippen LogP contribution in [-0.2, 0) is 6.54 Å². The first-order valence-corrected chi connectivity index (χ1v) is 6.61. The molecule has 0 radical (unpaired) electrons. The van der Waals surface area contributed by atoms with Crippen LogP contribution in [0.4, 0.5) is 0 Å². The summed E-state index contributed by atoms with van der Waals surface area (Å²) >= 11 is 0. The molecule has 3 N–H and O–H groups in total. The van der Waals surface area contributed by atoms with Crippen molar-refractivity contribution in [1.82, 2.24) is 20.3 Å². The van der Waals surface area contributed by atoms with Crippen LogP contribution in [0.25, 0.3) is 0 Å². The van der Waals surface area contributed by atoms with Crippen LogP contribution in [0.2, 0.25) is 0 Å². The summed E-state index contributed by atoms with van der Waals surface area (Å²) in [5.74, 6) is 0.464. The van der Waals surface area contributed by atoms with E-state index < -0.39 is 0 Å². The fourth-order valence-corrected chi connectivity index (χ4v) is 2.50. The van der Waals surface area contributed by atoms with Gasteiger partial charge in [0.05, 0.1) is 12.7 Å². The summed E-state index contributed by atoms with van der Waals surface area (Å²) in [4.78, 5) is 12.0. The van der Waals surface area contributed by atoms with Gasteiger partial charge in [-0.3, -0.25) is 9.48 Å². The fourth-order valence-electron chi connectivity index (χ4n) is 2.50. The van der Waals surface area contributed by atoms with Crippen molar-refractivity contribution in [3.8, 4) is 0 Å². The molecule has 0 bridgehead atoms. The highest BCUT2D eigenvalue weighted by molar-refractivity contribution is 5.92. The molecule has 1 fully saturated rings. The molecule has 0 aromatic carbocycles. The van der Waals surface area contributed by atoms with Crippen molar-refractivity contribution in [3.05, 3.63) is 11.9 Å². The lowest BCUT2D eigenvalue weighted by atomic mass is 10.00. The maximum Gasteiger partial charge on any atom is 0.273 e. The Labute approximate surface area is 107 Å². The van der Waals surface area contributed by atoms with Gasteiger partial charge in [-0.2, -0.15) is 0 Å². The number of amides is 1. The monoisotopic (exact) mass is 251 g/mol. The molecule has 1 saturated carbocycles. The lowest BCUT2D eigenvalue weighted by Gasteiger charge is -2.19. The van der Waals surface area contributed by atoms with Crippen LogP contribution in [0.1, 0.15) is 43.1 Å². The lowest BCUT2D eigenvalue weighted by Crippen LogP contribution is -2.37. The maximum absolute atomic E-state index is 12.0. The summed E-state index contributed by atoms with van der Waals surface area (Å²) in [5, 5.41) is 10.7. The molecule has 1 aliphatic rings. The van der Waals surface area contributed by atoms with Gasteiger partial charge < -0.3 is 11.1 Å². The predicted octanol–water partition coefficient (Wildman–Crippen LogP) is 0.545. The first-order valence-electron chi connectivity index (χ1n) is 6.61. The standard InChI is InChI=1S/C12H21N5O/c1-9(10-4-2-3-5-10)14-12(18)11-8-17(7-6-13)16-15-11/h8-10H,2-7,13H2,1H3,(H,14,18)/t9-/m0/s1. The molecule has 1 aromatic heterocycles. The average Bonchev–Trinajstić information content (AvgIpc) is 3.00. The molecule has 0 saturated heterocycles. The molecule has 6 heteroatoms. The van der Waals surface area contributed by atoms with Gasteiger partial charge in [0.15, 0.2) is 5.69 Å². The van der Waals surface area contributed by atoms with Gasteiger partial charge in [0.2, 0.25) is 0 Å². The first-order chi connectivity index (χ1) is 8.70. The Kier molecular flexibility index (Phi) is 4.30. The minimum atomic E-state index is -0.141. The SMILES string of the molecule is C[C@H](NC(=O)c1cn(CCN)nn1)C1CCCC1. The predicted molar refractivity (Wildman–Crippen MR) is 68.0 cm³/mol. The van der Waals surface area contributed by atoms with Crippen molar-refractivity contribution in [2.24, 2.45) is 11.7 Å². The lowest BCUT2D eigenvalue weighted by molar-refractivity contribution is 0.0922. The van der Waals surface area contributed by atoms with Gasteiger partial charge >= 0.3 is 0 Å². The number of rotatable bonds is 5. The zero-order valence-electron chi connectivity index (χ0n) is 10.8. The van der Waals surface area contributed by atoms with E-state index in [9.17, 15) is 4.79 Å². The molecule has 1 aromatic rings. The molecule has 1 heterocycles. The average molecular weight is 251 g/mol. The van der Waals surface area contributed by atoms with Crippen molar-refractivity contribution >= 4 is 5.91 Å². The third-order valence-electron chi connectivity index (χ3n) is 3.60. The Morgan fingerprint density at radius 2 is 2.33 bits per heavy atom. The molecule has 100 valence electrons. The summed E-state index contributed by atoms with van der Waals surface area (Å²) in [6.07, 6.45) is 6.61. The quantitative estimate of drug-likeness (QED) is 0.800. The Morgan fingerprint density at radius 3 is 3.00 bits per heavy atom. The van der Waals surface area contributed by atoms with Crippen LogP contribution in [0.5, 0.6) is 0 Å². The van der Waals surface area contributed by atoms with Gasteiger partial charge in [-0.1, -0.05) is 18.1 Å². The Hall–Kier alpha value is -1.43. The summed E-state index contributed by atoms with van der Waals surface area (Å²) in [6.45, 7) is 3.14. The molecule has 1 amide bonds. The number of carbonyl (C=O) groups excluding carboxylic acids is 1. The largest absolute Gasteiger partial charge is 0.348 e. The van der Waals surface area contributed by atoms with E-state index in [0.29, 0.717) is 24.7 Å². The van der Waals surface area contributed by atoms with Crippen LogP contribution in [0.15, 0.2) is 6.20 Å². The van der Waals surface area contributed by atoms with Crippen LogP contribution in [0.3, 0.4) is 0 Å². The highest BCUT2D eigenvalue weighted by Gasteiger charge is 2.23. The second kappa shape index (κ2) is 5.95. The minimum absolute atomic E-state index is 0.141. The Bertz CT molecular complexity index is 397. The van der Waals surface area contributed by atoms with Crippen LogP contribution in [0, 0.1) is 5.92 Å². The molecule has 1 aliphatic carbocycles. The highest BCUT2D eigenvalue weighted by Crippen LogP contribution is 2.27. The molecule has 0 aliphatic heterocycles. The minimum Gasteiger partial charge on any atom is -0.348 e. The molecular formula is C12H21N5O. The molecule has 6 nitrogen and oxygen atoms in total. The smallest absolute Gasteiger partial charge is 0.273 e. The normalized spacial score (nSPS) is 17.9. The van der Waals surface area contributed by atoms with Crippen molar-refractivity contribution in [2.75, 3.05) is 6.54 Å². The second-order valence-corrected chi connectivity index (χ2v) is 4.96. The van der Waals surface area contributed by atoms with Gasteiger partial charge in [0, 0.05) is 12.6 Å². The van der Waals surface area contributed by atoms with Gasteiger partial charge in [-0.05, 0) is 25.7 Å². The summed E-state index contributed by atoms with van der Waals surface area (Å²) < 4.78 is 1.59. The zero-order valence-corrected chi connectivity index (χ0v) is 10.8. The maximum atomic E-state index is 12.0. The molecule has 18 heavy (non-hydrogen) atoms. The number of hydrogen-bond donors (Lipinski definition) is 2. The summed E-state index contributed by atoms with van der Waals surface area (Å²) in [7, 11) is 0. The first kappa shape index (κ1) is 13.0. The summed E-state index contributed by atoms with van der Waals surface area (Å²) in [6, 6.07) is 0.208. The van der Waals surface area contributed by atoms with E-state index in [1.54, 1.807) is 10.9 Å². The van der Waals surface area contributed by atoms with E-state index >= 15 is 0 Å². The van der Waals surface area contributed by atoms with Crippen LogP contribution < -0.4 is 11.1 Å². The number of carbonyl (C=O) groups is 1. The number of nitrogens with one attached hydrogen (secondary N) is 1. The molecule has 0 unspecified atom stereocenters. The third kappa shape index (κ3) is 3.07. The number of aromatic nitrogens is 3. The van der Waals surface area contributed by atoms with E-state index in [0.717, 1.165) is 0 Å². The van der Waals surface area contributed by atoms with Crippen molar-refractivity contribution in [3.63, 3.8) is 0 Å². The third-order valence-corrected chi connectivity index (χ3v) is 3.60. The number of nitrogens with zero attached hydrogens (tertiary/aromatic N) is 3. The Morgan fingerprint density at radius 1 is 1.61 bits per heavy atom. The van der Waals surface area contributed by atoms with Crippen LogP contribution in [-0.4, -0.2) is 33.5 Å². The fraction of sp³-hybridized carbons (Fsp3) is 0.750. The van der Waals surface area contributed by atoms with Crippen molar-refractivity contribution in [2.45, 2.75) is 45.2 Å². The number of nitrogens with two attached hydrogens (primary N) is 1. The Balaban J connectivity index is 1.89. The van der Waals surface area contributed by atoms with E-state index in [4.69, 9.17) is 5.73 Å². The van der Waals surface area contributed by atoms with E-state index in [-0.39, 0.29) is 11.9 Å². The van der Waals surface area contributed by atoms with Gasteiger partial charge in [0.25, 0.3) is 5.91 Å². The molecule has 1 atom stereocenters. The van der Waals surface area contributed by atoms with E-state index in [1.807, 2.05) is 0 Å². The highest BCUT2D eigenvalue weighted by atomic mass is 16.2. The molecule has 2 rings (SSSR count). The zero-order chi connectivity index (χ0) is 13.0. The summed E-state index contributed by atoms with van der Waals surface area (Å²) in [5.41, 5.74) is 5.79. The van der Waals surface area contributed by atoms with E-state index in [2.05, 4.69) is 22.6 Å².